The smallest absolute Gasteiger partial charge is 0.254 e. The first-order valence-corrected chi connectivity index (χ1v) is 9.95. The van der Waals surface area contributed by atoms with Gasteiger partial charge in [0.05, 0.1) is 12.2 Å². The van der Waals surface area contributed by atoms with Gasteiger partial charge in [0.2, 0.25) is 5.91 Å². The molecule has 0 saturated carbocycles. The maximum Gasteiger partial charge on any atom is 0.254 e. The summed E-state index contributed by atoms with van der Waals surface area (Å²) in [5.41, 5.74) is 3.95. The molecule has 0 atom stereocenters. The van der Waals surface area contributed by atoms with E-state index >= 15 is 0 Å². The highest BCUT2D eigenvalue weighted by Gasteiger charge is 2.30. The molecule has 30 heavy (non-hydrogen) atoms. The number of hydrogen-bond acceptors (Lipinski definition) is 4. The van der Waals surface area contributed by atoms with Crippen LogP contribution in [0.15, 0.2) is 66.9 Å². The highest BCUT2D eigenvalue weighted by atomic mass is 16.2. The van der Waals surface area contributed by atoms with Gasteiger partial charge in [-0.05, 0) is 47.6 Å². The lowest BCUT2D eigenvalue weighted by molar-refractivity contribution is -0.117. The summed E-state index contributed by atoms with van der Waals surface area (Å²) in [5.74, 6) is -0.296. The van der Waals surface area contributed by atoms with Gasteiger partial charge in [-0.1, -0.05) is 30.8 Å². The first kappa shape index (κ1) is 19.8. The SMILES string of the molecule is C=C(CN1Cc2c(ccc3ccc(-c4ccccn4)cc23)C1=O)C(=O)NCCNC. The summed E-state index contributed by atoms with van der Waals surface area (Å²) in [5, 5.41) is 7.89. The molecule has 3 aromatic rings. The van der Waals surface area contributed by atoms with E-state index in [0.29, 0.717) is 30.8 Å². The van der Waals surface area contributed by atoms with Gasteiger partial charge in [-0.15, -0.1) is 0 Å². The predicted octanol–water partition coefficient (Wildman–Crippen LogP) is 2.75. The van der Waals surface area contributed by atoms with E-state index in [0.717, 1.165) is 27.6 Å². The van der Waals surface area contributed by atoms with Gasteiger partial charge in [0.25, 0.3) is 5.91 Å². The fourth-order valence-corrected chi connectivity index (χ4v) is 3.73. The number of aromatic nitrogens is 1. The van der Waals surface area contributed by atoms with Crippen LogP contribution < -0.4 is 10.6 Å². The molecule has 0 spiro atoms. The second-order valence-corrected chi connectivity index (χ2v) is 7.37. The van der Waals surface area contributed by atoms with Crippen LogP contribution in [0, 0.1) is 0 Å². The third kappa shape index (κ3) is 3.82. The van der Waals surface area contributed by atoms with Crippen LogP contribution in [0.4, 0.5) is 0 Å². The molecule has 0 saturated heterocycles. The monoisotopic (exact) mass is 400 g/mol. The largest absolute Gasteiger partial charge is 0.351 e. The first-order chi connectivity index (χ1) is 14.6. The fourth-order valence-electron chi connectivity index (χ4n) is 3.73. The molecule has 2 aromatic carbocycles. The number of benzene rings is 2. The van der Waals surface area contributed by atoms with E-state index in [1.165, 1.54) is 0 Å². The normalized spacial score (nSPS) is 12.8. The van der Waals surface area contributed by atoms with Crippen LogP contribution >= 0.6 is 0 Å². The summed E-state index contributed by atoms with van der Waals surface area (Å²) in [6.07, 6.45) is 1.77. The molecule has 1 aliphatic heterocycles. The first-order valence-electron chi connectivity index (χ1n) is 9.95. The van der Waals surface area contributed by atoms with Crippen LogP contribution in [0.5, 0.6) is 0 Å². The second kappa shape index (κ2) is 8.47. The Labute approximate surface area is 175 Å². The number of fused-ring (bicyclic) bond motifs is 3. The number of nitrogens with zero attached hydrogens (tertiary/aromatic N) is 2. The van der Waals surface area contributed by atoms with Gasteiger partial charge < -0.3 is 15.5 Å². The molecule has 0 bridgehead atoms. The topological polar surface area (TPSA) is 74.3 Å². The standard InChI is InChI=1S/C24H24N4O2/c1-16(23(29)27-12-11-25-2)14-28-15-21-19(24(28)30)9-8-17-6-7-18(13-20(17)21)22-5-3-4-10-26-22/h3-10,13,25H,1,11-12,14-15H2,2H3,(H,27,29). The molecule has 6 heteroatoms. The number of rotatable bonds is 7. The Morgan fingerprint density at radius 1 is 1.17 bits per heavy atom. The van der Waals surface area contributed by atoms with Crippen molar-refractivity contribution in [2.45, 2.75) is 6.54 Å². The number of amides is 2. The van der Waals surface area contributed by atoms with Gasteiger partial charge in [0.1, 0.15) is 0 Å². The third-order valence-electron chi connectivity index (χ3n) is 5.32. The lowest BCUT2D eigenvalue weighted by Gasteiger charge is -2.17. The van der Waals surface area contributed by atoms with Gasteiger partial charge >= 0.3 is 0 Å². The molecular formula is C24H24N4O2. The zero-order valence-electron chi connectivity index (χ0n) is 16.9. The van der Waals surface area contributed by atoms with Crippen molar-refractivity contribution in [1.29, 1.82) is 0 Å². The molecule has 6 nitrogen and oxygen atoms in total. The average molecular weight is 400 g/mol. The Morgan fingerprint density at radius 3 is 2.77 bits per heavy atom. The van der Waals surface area contributed by atoms with Crippen molar-refractivity contribution in [1.82, 2.24) is 20.5 Å². The molecule has 152 valence electrons. The molecule has 0 unspecified atom stereocenters. The minimum Gasteiger partial charge on any atom is -0.351 e. The summed E-state index contributed by atoms with van der Waals surface area (Å²) in [6, 6.07) is 15.9. The Kier molecular flexibility index (Phi) is 5.59. The highest BCUT2D eigenvalue weighted by molar-refractivity contribution is 6.05. The minimum absolute atomic E-state index is 0.0701. The van der Waals surface area contributed by atoms with E-state index in [1.807, 2.05) is 43.4 Å². The molecule has 0 radical (unpaired) electrons. The van der Waals surface area contributed by atoms with E-state index in [-0.39, 0.29) is 18.4 Å². The summed E-state index contributed by atoms with van der Waals surface area (Å²) >= 11 is 0. The Balaban J connectivity index is 1.58. The minimum atomic E-state index is -0.226. The average Bonchev–Trinajstić information content (AvgIpc) is 3.09. The van der Waals surface area contributed by atoms with Crippen molar-refractivity contribution >= 4 is 22.6 Å². The van der Waals surface area contributed by atoms with Gasteiger partial charge in [-0.2, -0.15) is 0 Å². The molecule has 2 heterocycles. The van der Waals surface area contributed by atoms with Crippen LogP contribution in [-0.2, 0) is 11.3 Å². The molecule has 1 aromatic heterocycles. The second-order valence-electron chi connectivity index (χ2n) is 7.37. The van der Waals surface area contributed by atoms with Crippen LogP contribution in [0.25, 0.3) is 22.0 Å². The maximum absolute atomic E-state index is 12.9. The van der Waals surface area contributed by atoms with Crippen molar-refractivity contribution < 1.29 is 9.59 Å². The van der Waals surface area contributed by atoms with Crippen molar-refractivity contribution in [3.8, 4) is 11.3 Å². The molecule has 0 fully saturated rings. The molecule has 0 aliphatic carbocycles. The van der Waals surface area contributed by atoms with Crippen molar-refractivity contribution in [2.24, 2.45) is 0 Å². The number of hydrogen-bond donors (Lipinski definition) is 2. The number of carbonyl (C=O) groups is 2. The van der Waals surface area contributed by atoms with Crippen LogP contribution in [0.3, 0.4) is 0 Å². The van der Waals surface area contributed by atoms with E-state index < -0.39 is 0 Å². The van der Waals surface area contributed by atoms with Crippen LogP contribution in [-0.4, -0.2) is 48.4 Å². The third-order valence-corrected chi connectivity index (χ3v) is 5.32. The Morgan fingerprint density at radius 2 is 2.00 bits per heavy atom. The number of pyridine rings is 1. The van der Waals surface area contributed by atoms with E-state index in [1.54, 1.807) is 11.1 Å². The van der Waals surface area contributed by atoms with Gasteiger partial charge in [0, 0.05) is 42.5 Å². The fraction of sp³-hybridized carbons (Fsp3) is 0.208. The molecule has 4 rings (SSSR count). The van der Waals surface area contributed by atoms with Gasteiger partial charge in [-0.25, -0.2) is 0 Å². The zero-order chi connectivity index (χ0) is 21.1. The van der Waals surface area contributed by atoms with Crippen molar-refractivity contribution in [3.05, 3.63) is 78.0 Å². The summed E-state index contributed by atoms with van der Waals surface area (Å²) < 4.78 is 0. The summed E-state index contributed by atoms with van der Waals surface area (Å²) in [4.78, 5) is 31.3. The summed E-state index contributed by atoms with van der Waals surface area (Å²) in [7, 11) is 1.82. The molecular weight excluding hydrogens is 376 g/mol. The predicted molar refractivity (Wildman–Crippen MR) is 118 cm³/mol. The summed E-state index contributed by atoms with van der Waals surface area (Å²) in [6.45, 7) is 5.74. The highest BCUT2D eigenvalue weighted by Crippen LogP contribution is 2.33. The number of likely N-dealkylation sites (N-methyl/N-ethyl adjacent to an activating group) is 1. The van der Waals surface area contributed by atoms with Crippen molar-refractivity contribution in [3.63, 3.8) is 0 Å². The Bertz CT molecular complexity index is 1120. The van der Waals surface area contributed by atoms with E-state index in [2.05, 4.69) is 34.3 Å². The lowest BCUT2D eigenvalue weighted by atomic mass is 9.98. The zero-order valence-corrected chi connectivity index (χ0v) is 16.9. The quantitative estimate of drug-likeness (QED) is 0.472. The van der Waals surface area contributed by atoms with E-state index in [4.69, 9.17) is 0 Å². The maximum atomic E-state index is 12.9. The van der Waals surface area contributed by atoms with Crippen molar-refractivity contribution in [2.75, 3.05) is 26.7 Å². The molecule has 1 aliphatic rings. The van der Waals surface area contributed by atoms with Crippen LogP contribution in [0.2, 0.25) is 0 Å². The van der Waals surface area contributed by atoms with Crippen LogP contribution in [0.1, 0.15) is 15.9 Å². The van der Waals surface area contributed by atoms with Gasteiger partial charge in [0.15, 0.2) is 0 Å². The Hall–Kier alpha value is -3.51. The molecule has 2 N–H and O–H groups in total. The van der Waals surface area contributed by atoms with E-state index in [9.17, 15) is 9.59 Å². The van der Waals surface area contributed by atoms with Gasteiger partial charge in [-0.3, -0.25) is 14.6 Å². The lowest BCUT2D eigenvalue weighted by Crippen LogP contribution is -2.35. The number of nitrogens with one attached hydrogen (secondary N) is 2. The molecule has 2 amide bonds. The number of carbonyl (C=O) groups excluding carboxylic acids is 2.